The van der Waals surface area contributed by atoms with Crippen LogP contribution < -0.4 is 4.74 Å². The van der Waals surface area contributed by atoms with E-state index in [-0.39, 0.29) is 0 Å². The molecule has 0 atom stereocenters. The van der Waals surface area contributed by atoms with Gasteiger partial charge in [-0.05, 0) is 61.6 Å². The highest BCUT2D eigenvalue weighted by Crippen LogP contribution is 2.28. The summed E-state index contributed by atoms with van der Waals surface area (Å²) in [5, 5.41) is 8.87. The first-order valence-corrected chi connectivity index (χ1v) is 6.17. The number of benzene rings is 1. The molecule has 0 aliphatic carbocycles. The Labute approximate surface area is 108 Å². The molecule has 0 spiro atoms. The van der Waals surface area contributed by atoms with Crippen molar-refractivity contribution in [2.24, 2.45) is 0 Å². The van der Waals surface area contributed by atoms with E-state index in [2.05, 4.69) is 0 Å². The van der Waals surface area contributed by atoms with E-state index in [0.29, 0.717) is 13.0 Å². The number of carbonyl (C=O) groups is 1. The number of hydrogen-bond acceptors (Lipinski definition) is 2. The second kappa shape index (κ2) is 6.24. The van der Waals surface area contributed by atoms with Crippen LogP contribution in [0.4, 0.5) is 0 Å². The van der Waals surface area contributed by atoms with Gasteiger partial charge in [-0.25, -0.2) is 4.79 Å². The molecule has 1 N–H and O–H groups in total. The third-order valence-corrected chi connectivity index (χ3v) is 2.85. The fourth-order valence-electron chi connectivity index (χ4n) is 1.97. The van der Waals surface area contributed by atoms with Crippen LogP contribution in [0.5, 0.6) is 5.75 Å². The van der Waals surface area contributed by atoms with E-state index in [0.717, 1.165) is 28.0 Å². The monoisotopic (exact) mass is 248 g/mol. The van der Waals surface area contributed by atoms with E-state index >= 15 is 0 Å². The molecule has 0 saturated heterocycles. The van der Waals surface area contributed by atoms with Crippen molar-refractivity contribution in [1.82, 2.24) is 0 Å². The third-order valence-electron chi connectivity index (χ3n) is 2.85. The summed E-state index contributed by atoms with van der Waals surface area (Å²) in [6.07, 6.45) is 1.97. The molecule has 1 rings (SSSR count). The van der Waals surface area contributed by atoms with Gasteiger partial charge in [-0.3, -0.25) is 0 Å². The lowest BCUT2D eigenvalue weighted by molar-refractivity contribution is -0.131. The Bertz CT molecular complexity index is 473. The number of carboxylic acid groups (broad SMARTS) is 1. The van der Waals surface area contributed by atoms with E-state index in [1.54, 1.807) is 0 Å². The molecule has 0 saturated carbocycles. The van der Waals surface area contributed by atoms with Gasteiger partial charge in [-0.2, -0.15) is 0 Å². The van der Waals surface area contributed by atoms with Crippen molar-refractivity contribution in [3.05, 3.63) is 34.9 Å². The van der Waals surface area contributed by atoms with E-state index in [9.17, 15) is 4.79 Å². The Morgan fingerprint density at radius 1 is 1.28 bits per heavy atom. The van der Waals surface area contributed by atoms with Gasteiger partial charge in [0, 0.05) is 6.08 Å². The number of allylic oxidation sites excluding steroid dienone is 1. The number of rotatable bonds is 5. The molecule has 1 aromatic carbocycles. The lowest BCUT2D eigenvalue weighted by Crippen LogP contribution is -1.99. The first-order chi connectivity index (χ1) is 8.49. The van der Waals surface area contributed by atoms with Gasteiger partial charge in [0.2, 0.25) is 0 Å². The van der Waals surface area contributed by atoms with Gasteiger partial charge in [-0.15, -0.1) is 0 Å². The maximum atomic E-state index is 10.8. The van der Waals surface area contributed by atoms with Crippen LogP contribution in [0.3, 0.4) is 0 Å². The standard InChI is InChI=1S/C15H20O3/c1-5-12(9-15(16)17)13-7-11(4)14(18-6-2)8-10(13)3/h7-9H,5-6H2,1-4H3,(H,16,17)/b12-9+. The Kier molecular flexibility index (Phi) is 4.95. The molecule has 0 aromatic heterocycles. The highest BCUT2D eigenvalue weighted by Gasteiger charge is 2.09. The van der Waals surface area contributed by atoms with Crippen LogP contribution in [-0.4, -0.2) is 17.7 Å². The summed E-state index contributed by atoms with van der Waals surface area (Å²) in [7, 11) is 0. The Hall–Kier alpha value is -1.77. The fraction of sp³-hybridized carbons (Fsp3) is 0.400. The molecule has 98 valence electrons. The molecule has 3 heteroatoms. The summed E-state index contributed by atoms with van der Waals surface area (Å²) in [5.74, 6) is -0.0395. The lowest BCUT2D eigenvalue weighted by atomic mass is 9.96. The second-order valence-corrected chi connectivity index (χ2v) is 4.23. The van der Waals surface area contributed by atoms with Crippen molar-refractivity contribution >= 4 is 11.5 Å². The van der Waals surface area contributed by atoms with Crippen LogP contribution in [0.2, 0.25) is 0 Å². The number of carboxylic acids is 1. The van der Waals surface area contributed by atoms with Gasteiger partial charge in [0.25, 0.3) is 0 Å². The molecule has 0 bridgehead atoms. The van der Waals surface area contributed by atoms with E-state index in [1.807, 2.05) is 39.8 Å². The predicted molar refractivity (Wildman–Crippen MR) is 73.0 cm³/mol. The zero-order valence-corrected chi connectivity index (χ0v) is 11.4. The molecule has 0 aliphatic rings. The zero-order chi connectivity index (χ0) is 13.7. The van der Waals surface area contributed by atoms with Crippen molar-refractivity contribution in [3.8, 4) is 5.75 Å². The number of aliphatic carboxylic acids is 1. The number of hydrogen-bond donors (Lipinski definition) is 1. The van der Waals surface area contributed by atoms with E-state index in [4.69, 9.17) is 9.84 Å². The van der Waals surface area contributed by atoms with Crippen molar-refractivity contribution in [3.63, 3.8) is 0 Å². The largest absolute Gasteiger partial charge is 0.494 e. The molecule has 0 amide bonds. The Morgan fingerprint density at radius 3 is 2.44 bits per heavy atom. The lowest BCUT2D eigenvalue weighted by Gasteiger charge is -2.14. The summed E-state index contributed by atoms with van der Waals surface area (Å²) in [4.78, 5) is 10.8. The van der Waals surface area contributed by atoms with Gasteiger partial charge in [0.1, 0.15) is 5.75 Å². The number of aryl methyl sites for hydroxylation is 2. The smallest absolute Gasteiger partial charge is 0.328 e. The zero-order valence-electron chi connectivity index (χ0n) is 11.4. The summed E-state index contributed by atoms with van der Waals surface area (Å²) in [6, 6.07) is 3.97. The SMILES string of the molecule is CCOc1cc(C)c(/C(=C/C(=O)O)CC)cc1C. The summed E-state index contributed by atoms with van der Waals surface area (Å²) < 4.78 is 5.53. The van der Waals surface area contributed by atoms with Crippen molar-refractivity contribution in [1.29, 1.82) is 0 Å². The van der Waals surface area contributed by atoms with Gasteiger partial charge in [0.15, 0.2) is 0 Å². The summed E-state index contributed by atoms with van der Waals surface area (Å²) in [5.41, 5.74) is 3.90. The normalized spacial score (nSPS) is 11.4. The van der Waals surface area contributed by atoms with Crippen molar-refractivity contribution < 1.29 is 14.6 Å². The molecule has 0 aliphatic heterocycles. The average Bonchev–Trinajstić information content (AvgIpc) is 2.30. The molecule has 18 heavy (non-hydrogen) atoms. The maximum absolute atomic E-state index is 10.8. The second-order valence-electron chi connectivity index (χ2n) is 4.23. The van der Waals surface area contributed by atoms with E-state index in [1.165, 1.54) is 6.08 Å². The molecular weight excluding hydrogens is 228 g/mol. The minimum absolute atomic E-state index is 0.630. The van der Waals surface area contributed by atoms with Gasteiger partial charge in [0.05, 0.1) is 6.61 Å². The Balaban J connectivity index is 3.25. The quantitative estimate of drug-likeness (QED) is 0.810. The summed E-state index contributed by atoms with van der Waals surface area (Å²) in [6.45, 7) is 8.49. The summed E-state index contributed by atoms with van der Waals surface area (Å²) >= 11 is 0. The molecule has 3 nitrogen and oxygen atoms in total. The topological polar surface area (TPSA) is 46.5 Å². The van der Waals surface area contributed by atoms with Gasteiger partial charge in [-0.1, -0.05) is 6.92 Å². The average molecular weight is 248 g/mol. The molecule has 0 radical (unpaired) electrons. The first-order valence-electron chi connectivity index (χ1n) is 6.17. The Morgan fingerprint density at radius 2 is 1.94 bits per heavy atom. The third kappa shape index (κ3) is 3.36. The van der Waals surface area contributed by atoms with Gasteiger partial charge < -0.3 is 9.84 Å². The van der Waals surface area contributed by atoms with Crippen molar-refractivity contribution in [2.75, 3.05) is 6.61 Å². The minimum Gasteiger partial charge on any atom is -0.494 e. The van der Waals surface area contributed by atoms with Gasteiger partial charge >= 0.3 is 5.97 Å². The molecule has 0 unspecified atom stereocenters. The minimum atomic E-state index is -0.905. The van der Waals surface area contributed by atoms with Crippen LogP contribution in [0.15, 0.2) is 18.2 Å². The predicted octanol–water partition coefficient (Wildman–Crippen LogP) is 3.58. The number of ether oxygens (including phenoxy) is 1. The van der Waals surface area contributed by atoms with Crippen LogP contribution in [-0.2, 0) is 4.79 Å². The van der Waals surface area contributed by atoms with Crippen LogP contribution in [0.25, 0.3) is 5.57 Å². The maximum Gasteiger partial charge on any atom is 0.328 e. The van der Waals surface area contributed by atoms with E-state index < -0.39 is 5.97 Å². The van der Waals surface area contributed by atoms with Crippen LogP contribution in [0, 0.1) is 13.8 Å². The molecule has 0 fully saturated rings. The molecular formula is C15H20O3. The van der Waals surface area contributed by atoms with Crippen LogP contribution >= 0.6 is 0 Å². The highest BCUT2D eigenvalue weighted by molar-refractivity contribution is 5.90. The molecule has 0 heterocycles. The highest BCUT2D eigenvalue weighted by atomic mass is 16.5. The van der Waals surface area contributed by atoms with Crippen LogP contribution in [0.1, 0.15) is 37.0 Å². The van der Waals surface area contributed by atoms with Crippen molar-refractivity contribution in [2.45, 2.75) is 34.1 Å². The molecule has 1 aromatic rings. The first kappa shape index (κ1) is 14.3. The fourth-order valence-corrected chi connectivity index (χ4v) is 1.97.